The number of hydrogen-bond donors (Lipinski definition) is 1. The maximum Gasteiger partial charge on any atom is 0.337 e. The number of nitrogens with two attached hydrogens (primary N) is 1. The summed E-state index contributed by atoms with van der Waals surface area (Å²) in [4.78, 5) is 11.6. The second-order valence-corrected chi connectivity index (χ2v) is 4.04. The van der Waals surface area contributed by atoms with E-state index in [0.29, 0.717) is 17.0 Å². The Kier molecular flexibility index (Phi) is 5.10. The molecule has 0 fully saturated rings. The van der Waals surface area contributed by atoms with Crippen LogP contribution in [-0.4, -0.2) is 30.4 Å². The Hall–Kier alpha value is -1.24. The lowest BCUT2D eigenvalue weighted by Crippen LogP contribution is -2.10. The number of esters is 1. The van der Waals surface area contributed by atoms with Gasteiger partial charge in [0, 0.05) is 6.54 Å². The van der Waals surface area contributed by atoms with Crippen molar-refractivity contribution in [2.45, 2.75) is 4.90 Å². The highest BCUT2D eigenvalue weighted by atomic mass is 32.2. The van der Waals surface area contributed by atoms with Gasteiger partial charge < -0.3 is 10.5 Å². The fourth-order valence-electron chi connectivity index (χ4n) is 1.04. The van der Waals surface area contributed by atoms with Crippen LogP contribution in [0.2, 0.25) is 0 Å². The van der Waals surface area contributed by atoms with Gasteiger partial charge in [-0.05, 0) is 18.2 Å². The number of methoxy groups -OCH3 is 1. The molecule has 6 heteroatoms. The van der Waals surface area contributed by atoms with Crippen molar-refractivity contribution >= 4 is 17.0 Å². The highest BCUT2D eigenvalue weighted by Crippen LogP contribution is 2.11. The Morgan fingerprint density at radius 1 is 1.50 bits per heavy atom. The van der Waals surface area contributed by atoms with Gasteiger partial charge in [-0.25, -0.2) is 9.00 Å². The van der Waals surface area contributed by atoms with Gasteiger partial charge in [-0.2, -0.15) is 0 Å². The SMILES string of the molecule is COC(=O)c1cccc(S(=O)OCCN)c1. The molecule has 0 saturated heterocycles. The normalized spacial score (nSPS) is 12.1. The van der Waals surface area contributed by atoms with Crippen LogP contribution in [0.15, 0.2) is 29.2 Å². The molecule has 0 amide bonds. The molecule has 0 aliphatic rings. The monoisotopic (exact) mass is 243 g/mol. The summed E-state index contributed by atoms with van der Waals surface area (Å²) in [5.74, 6) is -0.474. The third-order valence-electron chi connectivity index (χ3n) is 1.76. The summed E-state index contributed by atoms with van der Waals surface area (Å²) in [5, 5.41) is 0. The van der Waals surface area contributed by atoms with E-state index in [1.54, 1.807) is 18.2 Å². The summed E-state index contributed by atoms with van der Waals surface area (Å²) in [6.45, 7) is 0.498. The van der Waals surface area contributed by atoms with E-state index in [1.165, 1.54) is 13.2 Å². The van der Waals surface area contributed by atoms with Gasteiger partial charge in [0.15, 0.2) is 11.1 Å². The average molecular weight is 243 g/mol. The van der Waals surface area contributed by atoms with E-state index in [4.69, 9.17) is 9.92 Å². The number of rotatable bonds is 5. The van der Waals surface area contributed by atoms with Crippen LogP contribution in [0.1, 0.15) is 10.4 Å². The molecule has 1 atom stereocenters. The standard InChI is InChI=1S/C10H13NO4S/c1-14-10(12)8-3-2-4-9(7-8)16(13)15-6-5-11/h2-4,7H,5-6,11H2,1H3. The average Bonchev–Trinajstić information content (AvgIpc) is 2.35. The van der Waals surface area contributed by atoms with E-state index in [9.17, 15) is 9.00 Å². The minimum atomic E-state index is -1.60. The van der Waals surface area contributed by atoms with Crippen LogP contribution < -0.4 is 5.73 Å². The first-order valence-electron chi connectivity index (χ1n) is 4.62. The molecule has 1 unspecified atom stereocenters. The predicted octanol–water partition coefficient (Wildman–Crippen LogP) is 0.471. The predicted molar refractivity (Wildman–Crippen MR) is 59.2 cm³/mol. The molecule has 0 aromatic heterocycles. The molecule has 88 valence electrons. The van der Waals surface area contributed by atoms with Gasteiger partial charge in [0.25, 0.3) is 0 Å². The zero-order valence-corrected chi connectivity index (χ0v) is 9.66. The summed E-state index contributed by atoms with van der Waals surface area (Å²) in [6.07, 6.45) is 0. The minimum absolute atomic E-state index is 0.203. The van der Waals surface area contributed by atoms with E-state index in [-0.39, 0.29) is 6.61 Å². The lowest BCUT2D eigenvalue weighted by atomic mass is 10.2. The molecular formula is C10H13NO4S. The molecule has 0 heterocycles. The molecule has 0 spiro atoms. The largest absolute Gasteiger partial charge is 0.465 e. The highest BCUT2D eigenvalue weighted by molar-refractivity contribution is 7.80. The van der Waals surface area contributed by atoms with Gasteiger partial charge in [-0.3, -0.25) is 4.18 Å². The molecule has 5 nitrogen and oxygen atoms in total. The van der Waals surface area contributed by atoms with Crippen LogP contribution in [0, 0.1) is 0 Å². The van der Waals surface area contributed by atoms with Gasteiger partial charge in [-0.15, -0.1) is 0 Å². The maximum atomic E-state index is 11.5. The summed E-state index contributed by atoms with van der Waals surface area (Å²) in [6, 6.07) is 6.28. The minimum Gasteiger partial charge on any atom is -0.465 e. The number of carbonyl (C=O) groups excluding carboxylic acids is 1. The zero-order chi connectivity index (χ0) is 12.0. The first-order chi connectivity index (χ1) is 7.69. The van der Waals surface area contributed by atoms with Gasteiger partial charge in [0.05, 0.1) is 24.2 Å². The van der Waals surface area contributed by atoms with Crippen molar-refractivity contribution in [2.75, 3.05) is 20.3 Å². The molecular weight excluding hydrogens is 230 g/mol. The van der Waals surface area contributed by atoms with Crippen molar-refractivity contribution in [3.05, 3.63) is 29.8 Å². The smallest absolute Gasteiger partial charge is 0.337 e. The number of ether oxygens (including phenoxy) is 1. The van der Waals surface area contributed by atoms with Gasteiger partial charge in [-0.1, -0.05) is 6.07 Å². The van der Waals surface area contributed by atoms with Crippen LogP contribution in [0.3, 0.4) is 0 Å². The second-order valence-electron chi connectivity index (χ2n) is 2.86. The van der Waals surface area contributed by atoms with Crippen molar-refractivity contribution in [2.24, 2.45) is 5.73 Å². The zero-order valence-electron chi connectivity index (χ0n) is 8.84. The van der Waals surface area contributed by atoms with Gasteiger partial charge in [0.2, 0.25) is 0 Å². The van der Waals surface area contributed by atoms with E-state index in [0.717, 1.165) is 0 Å². The molecule has 0 bridgehead atoms. The molecule has 1 aromatic carbocycles. The first kappa shape index (κ1) is 12.8. The van der Waals surface area contributed by atoms with Gasteiger partial charge in [0.1, 0.15) is 0 Å². The van der Waals surface area contributed by atoms with Crippen LogP contribution >= 0.6 is 0 Å². The van der Waals surface area contributed by atoms with E-state index < -0.39 is 17.0 Å². The molecule has 1 aromatic rings. The Bertz CT molecular complexity index is 394. The number of benzene rings is 1. The summed E-state index contributed by atoms with van der Waals surface area (Å²) >= 11 is -1.60. The van der Waals surface area contributed by atoms with Crippen molar-refractivity contribution in [1.82, 2.24) is 0 Å². The van der Waals surface area contributed by atoms with Gasteiger partial charge >= 0.3 is 5.97 Å². The van der Waals surface area contributed by atoms with Crippen LogP contribution in [0.4, 0.5) is 0 Å². The molecule has 16 heavy (non-hydrogen) atoms. The lowest BCUT2D eigenvalue weighted by Gasteiger charge is -2.04. The quantitative estimate of drug-likeness (QED) is 0.760. The summed E-state index contributed by atoms with van der Waals surface area (Å²) in [5.41, 5.74) is 5.56. The molecule has 0 radical (unpaired) electrons. The molecule has 0 aliphatic heterocycles. The Labute approximate surface area is 96.2 Å². The number of hydrogen-bond acceptors (Lipinski definition) is 5. The first-order valence-corrected chi connectivity index (χ1v) is 5.70. The fraction of sp³-hybridized carbons (Fsp3) is 0.300. The van der Waals surface area contributed by atoms with E-state index in [2.05, 4.69) is 4.74 Å². The summed E-state index contributed by atoms with van der Waals surface area (Å²) < 4.78 is 21.0. The topological polar surface area (TPSA) is 78.6 Å². The molecule has 0 aliphatic carbocycles. The fourth-order valence-corrected chi connectivity index (χ4v) is 1.83. The summed E-state index contributed by atoms with van der Waals surface area (Å²) in [7, 11) is 1.29. The molecule has 1 rings (SSSR count). The van der Waals surface area contributed by atoms with Crippen LogP contribution in [0.5, 0.6) is 0 Å². The molecule has 0 saturated carbocycles. The van der Waals surface area contributed by atoms with Crippen LogP contribution in [0.25, 0.3) is 0 Å². The Morgan fingerprint density at radius 3 is 2.88 bits per heavy atom. The number of carbonyl (C=O) groups is 1. The van der Waals surface area contributed by atoms with E-state index >= 15 is 0 Å². The third-order valence-corrected chi connectivity index (χ3v) is 2.78. The van der Waals surface area contributed by atoms with Crippen molar-refractivity contribution < 1.29 is 17.9 Å². The van der Waals surface area contributed by atoms with Crippen molar-refractivity contribution in [3.63, 3.8) is 0 Å². The highest BCUT2D eigenvalue weighted by Gasteiger charge is 2.09. The van der Waals surface area contributed by atoms with Crippen molar-refractivity contribution in [3.8, 4) is 0 Å². The maximum absolute atomic E-state index is 11.5. The van der Waals surface area contributed by atoms with Crippen LogP contribution in [-0.2, 0) is 20.0 Å². The third kappa shape index (κ3) is 3.41. The second kappa shape index (κ2) is 6.37. The lowest BCUT2D eigenvalue weighted by molar-refractivity contribution is 0.0600. The van der Waals surface area contributed by atoms with E-state index in [1.807, 2.05) is 0 Å². The Balaban J connectivity index is 2.81. The van der Waals surface area contributed by atoms with Crippen molar-refractivity contribution in [1.29, 1.82) is 0 Å². The molecule has 2 N–H and O–H groups in total. The Morgan fingerprint density at radius 2 is 2.25 bits per heavy atom.